The van der Waals surface area contributed by atoms with Crippen LogP contribution in [-0.4, -0.2) is 23.4 Å². The van der Waals surface area contributed by atoms with E-state index < -0.39 is 6.03 Å². The Balaban J connectivity index is 1.93. The second-order valence-corrected chi connectivity index (χ2v) is 5.97. The average Bonchev–Trinajstić information content (AvgIpc) is 2.62. The van der Waals surface area contributed by atoms with Crippen molar-refractivity contribution in [3.05, 3.63) is 71.8 Å². The summed E-state index contributed by atoms with van der Waals surface area (Å²) in [6.07, 6.45) is 1.92. The van der Waals surface area contributed by atoms with E-state index in [2.05, 4.69) is 5.32 Å². The molecule has 5 heteroatoms. The number of nitrogens with one attached hydrogen (secondary N) is 1. The van der Waals surface area contributed by atoms with E-state index in [0.29, 0.717) is 26.1 Å². The van der Waals surface area contributed by atoms with Gasteiger partial charge in [-0.3, -0.25) is 4.79 Å². The van der Waals surface area contributed by atoms with E-state index in [0.717, 1.165) is 24.0 Å². The summed E-state index contributed by atoms with van der Waals surface area (Å²) in [6, 6.07) is 19.5. The van der Waals surface area contributed by atoms with Crippen molar-refractivity contribution < 1.29 is 9.59 Å². The smallest absolute Gasteiger partial charge is 0.312 e. The summed E-state index contributed by atoms with van der Waals surface area (Å²) < 4.78 is 0. The summed E-state index contributed by atoms with van der Waals surface area (Å²) >= 11 is 0. The molecule has 25 heavy (non-hydrogen) atoms. The molecule has 2 aromatic carbocycles. The van der Waals surface area contributed by atoms with Crippen molar-refractivity contribution in [2.24, 2.45) is 5.73 Å². The fourth-order valence-electron chi connectivity index (χ4n) is 2.61. The number of carbonyl (C=O) groups is 2. The number of nitrogens with zero attached hydrogens (tertiary/aromatic N) is 1. The Morgan fingerprint density at radius 3 is 1.84 bits per heavy atom. The number of carbonyl (C=O) groups excluding carboxylic acids is 2. The highest BCUT2D eigenvalue weighted by atomic mass is 16.2. The minimum absolute atomic E-state index is 0.117. The van der Waals surface area contributed by atoms with Crippen molar-refractivity contribution in [2.45, 2.75) is 32.4 Å². The van der Waals surface area contributed by atoms with Crippen LogP contribution in [0.5, 0.6) is 0 Å². The Hall–Kier alpha value is -2.82. The van der Waals surface area contributed by atoms with E-state index in [1.807, 2.05) is 65.6 Å². The first-order valence-corrected chi connectivity index (χ1v) is 8.54. The van der Waals surface area contributed by atoms with Crippen LogP contribution in [0.25, 0.3) is 0 Å². The molecule has 0 heterocycles. The summed E-state index contributed by atoms with van der Waals surface area (Å²) in [5, 5.41) is 2.54. The zero-order valence-corrected chi connectivity index (χ0v) is 14.4. The van der Waals surface area contributed by atoms with Gasteiger partial charge in [-0.05, 0) is 24.0 Å². The molecule has 0 aliphatic heterocycles. The second kappa shape index (κ2) is 10.1. The number of nitrogens with two attached hydrogens (primary N) is 1. The fourth-order valence-corrected chi connectivity index (χ4v) is 2.61. The van der Waals surface area contributed by atoms with Gasteiger partial charge in [0.2, 0.25) is 5.91 Å². The maximum Gasteiger partial charge on any atom is 0.312 e. The number of rotatable bonds is 9. The molecule has 3 N–H and O–H groups in total. The first-order chi connectivity index (χ1) is 12.1. The van der Waals surface area contributed by atoms with E-state index in [-0.39, 0.29) is 5.91 Å². The lowest BCUT2D eigenvalue weighted by atomic mass is 10.1. The quantitative estimate of drug-likeness (QED) is 0.689. The molecule has 0 fully saturated rings. The molecule has 0 aliphatic carbocycles. The van der Waals surface area contributed by atoms with Crippen LogP contribution in [0.4, 0.5) is 4.79 Å². The zero-order chi connectivity index (χ0) is 17.9. The molecule has 0 aromatic heterocycles. The Morgan fingerprint density at radius 1 is 0.840 bits per heavy atom. The highest BCUT2D eigenvalue weighted by Gasteiger charge is 2.14. The molecular formula is C20H25N3O2. The van der Waals surface area contributed by atoms with Crippen LogP contribution in [0, 0.1) is 0 Å². The fraction of sp³-hybridized carbons (Fsp3) is 0.300. The number of amides is 3. The minimum atomic E-state index is -0.527. The van der Waals surface area contributed by atoms with Gasteiger partial charge >= 0.3 is 6.03 Å². The van der Waals surface area contributed by atoms with Gasteiger partial charge in [-0.2, -0.15) is 0 Å². The van der Waals surface area contributed by atoms with Crippen LogP contribution < -0.4 is 11.1 Å². The van der Waals surface area contributed by atoms with Gasteiger partial charge in [0.1, 0.15) is 0 Å². The third-order valence-corrected chi connectivity index (χ3v) is 3.90. The molecular weight excluding hydrogens is 314 g/mol. The van der Waals surface area contributed by atoms with Gasteiger partial charge < -0.3 is 16.0 Å². The Bertz CT molecular complexity index is 618. The Morgan fingerprint density at radius 2 is 1.36 bits per heavy atom. The van der Waals surface area contributed by atoms with Crippen molar-refractivity contribution in [1.29, 1.82) is 0 Å². The molecule has 0 radical (unpaired) electrons. The van der Waals surface area contributed by atoms with Gasteiger partial charge in [0, 0.05) is 26.1 Å². The van der Waals surface area contributed by atoms with Gasteiger partial charge in [0.15, 0.2) is 0 Å². The summed E-state index contributed by atoms with van der Waals surface area (Å²) in [6.45, 7) is 1.68. The summed E-state index contributed by atoms with van der Waals surface area (Å²) in [4.78, 5) is 25.2. The lowest BCUT2D eigenvalue weighted by Crippen LogP contribution is -2.31. The maximum atomic E-state index is 12.7. The van der Waals surface area contributed by atoms with Gasteiger partial charge in [-0.1, -0.05) is 60.7 Å². The standard InChI is InChI=1S/C20H25N3O2/c21-20(25)22-14-8-7-13-19(24)23(15-17-9-3-1-4-10-17)16-18-11-5-2-6-12-18/h1-6,9-12H,7-8,13-16H2,(H3,21,22,25). The number of hydrogen-bond donors (Lipinski definition) is 2. The number of hydrogen-bond acceptors (Lipinski definition) is 2. The van der Waals surface area contributed by atoms with Gasteiger partial charge in [-0.25, -0.2) is 4.79 Å². The largest absolute Gasteiger partial charge is 0.352 e. The SMILES string of the molecule is NC(=O)NCCCCC(=O)N(Cc1ccccc1)Cc1ccccc1. The molecule has 2 aromatic rings. The predicted molar refractivity (Wildman–Crippen MR) is 98.6 cm³/mol. The Kier molecular flexibility index (Phi) is 7.50. The van der Waals surface area contributed by atoms with Crippen molar-refractivity contribution in [2.75, 3.05) is 6.54 Å². The third-order valence-electron chi connectivity index (χ3n) is 3.90. The third kappa shape index (κ3) is 7.08. The molecule has 0 saturated carbocycles. The van der Waals surface area contributed by atoms with E-state index in [9.17, 15) is 9.59 Å². The zero-order valence-electron chi connectivity index (χ0n) is 14.4. The highest BCUT2D eigenvalue weighted by molar-refractivity contribution is 5.76. The number of primary amides is 1. The van der Waals surface area contributed by atoms with Crippen LogP contribution in [0.3, 0.4) is 0 Å². The van der Waals surface area contributed by atoms with Crippen LogP contribution in [0.2, 0.25) is 0 Å². The lowest BCUT2D eigenvalue weighted by molar-refractivity contribution is -0.132. The van der Waals surface area contributed by atoms with Crippen molar-refractivity contribution >= 4 is 11.9 Å². The molecule has 0 atom stereocenters. The molecule has 0 aliphatic rings. The first kappa shape index (κ1) is 18.5. The molecule has 0 unspecified atom stereocenters. The molecule has 0 spiro atoms. The van der Waals surface area contributed by atoms with Crippen molar-refractivity contribution in [3.63, 3.8) is 0 Å². The monoisotopic (exact) mass is 339 g/mol. The van der Waals surface area contributed by atoms with E-state index in [1.54, 1.807) is 0 Å². The molecule has 5 nitrogen and oxygen atoms in total. The topological polar surface area (TPSA) is 75.4 Å². The van der Waals surface area contributed by atoms with E-state index >= 15 is 0 Å². The van der Waals surface area contributed by atoms with Crippen LogP contribution in [-0.2, 0) is 17.9 Å². The lowest BCUT2D eigenvalue weighted by Gasteiger charge is -2.23. The first-order valence-electron chi connectivity index (χ1n) is 8.54. The van der Waals surface area contributed by atoms with Gasteiger partial charge in [-0.15, -0.1) is 0 Å². The summed E-state index contributed by atoms with van der Waals surface area (Å²) in [7, 11) is 0. The van der Waals surface area contributed by atoms with E-state index in [4.69, 9.17) is 5.73 Å². The van der Waals surface area contributed by atoms with Crippen molar-refractivity contribution in [1.82, 2.24) is 10.2 Å². The number of benzene rings is 2. The van der Waals surface area contributed by atoms with Gasteiger partial charge in [0.05, 0.1) is 0 Å². The maximum absolute atomic E-state index is 12.7. The normalized spacial score (nSPS) is 10.2. The van der Waals surface area contributed by atoms with Crippen molar-refractivity contribution in [3.8, 4) is 0 Å². The number of unbranched alkanes of at least 4 members (excludes halogenated alkanes) is 1. The van der Waals surface area contributed by atoms with Crippen LogP contribution in [0.1, 0.15) is 30.4 Å². The summed E-state index contributed by atoms with van der Waals surface area (Å²) in [5.41, 5.74) is 7.26. The number of urea groups is 1. The second-order valence-electron chi connectivity index (χ2n) is 5.97. The van der Waals surface area contributed by atoms with E-state index in [1.165, 1.54) is 0 Å². The minimum Gasteiger partial charge on any atom is -0.352 e. The molecule has 3 amide bonds. The predicted octanol–water partition coefficient (Wildman–Crippen LogP) is 3.05. The van der Waals surface area contributed by atoms with Crippen LogP contribution in [0.15, 0.2) is 60.7 Å². The molecule has 0 bridgehead atoms. The molecule has 2 rings (SSSR count). The van der Waals surface area contributed by atoms with Gasteiger partial charge in [0.25, 0.3) is 0 Å². The summed E-state index contributed by atoms with van der Waals surface area (Å²) in [5.74, 6) is 0.117. The molecule has 132 valence electrons. The average molecular weight is 339 g/mol. The molecule has 0 saturated heterocycles. The Labute approximate surface area is 148 Å². The van der Waals surface area contributed by atoms with Crippen LogP contribution >= 0.6 is 0 Å². The highest BCUT2D eigenvalue weighted by Crippen LogP contribution is 2.12.